The number of pyridine rings is 2. The summed E-state index contributed by atoms with van der Waals surface area (Å²) in [4.78, 5) is 62.3. The maximum Gasteiger partial charge on any atom is 0.407 e. The second kappa shape index (κ2) is 14.9. The molecule has 288 valence electrons. The van der Waals surface area contributed by atoms with E-state index in [0.717, 1.165) is 30.4 Å². The first kappa shape index (κ1) is 37.4. The summed E-state index contributed by atoms with van der Waals surface area (Å²) in [6.07, 6.45) is 5.62. The van der Waals surface area contributed by atoms with Gasteiger partial charge in [-0.25, -0.2) is 14.8 Å². The maximum absolute atomic E-state index is 13.6. The van der Waals surface area contributed by atoms with Gasteiger partial charge in [0.15, 0.2) is 0 Å². The molecule has 3 aliphatic rings. The Kier molecular flexibility index (Phi) is 9.94. The number of hydrogen-bond acceptors (Lipinski definition) is 8. The molecule has 15 heteroatoms. The van der Waals surface area contributed by atoms with Crippen LogP contribution in [0, 0.1) is 5.92 Å². The fraction of sp³-hybridized carbons (Fsp3) is 0.317. The molecule has 2 saturated heterocycles. The largest absolute Gasteiger partial charge is 0.481 e. The molecule has 2 aliphatic heterocycles. The quantitative estimate of drug-likeness (QED) is 0.141. The molecule has 1 saturated carbocycles. The summed E-state index contributed by atoms with van der Waals surface area (Å²) < 4.78 is 7.12. The van der Waals surface area contributed by atoms with E-state index in [1.165, 1.54) is 16.4 Å². The highest BCUT2D eigenvalue weighted by Crippen LogP contribution is 2.44. The molecule has 2 aromatic carbocycles. The van der Waals surface area contributed by atoms with Crippen molar-refractivity contribution in [2.75, 3.05) is 20.7 Å². The molecule has 2 bridgehead atoms. The number of benzene rings is 2. The van der Waals surface area contributed by atoms with E-state index >= 15 is 0 Å². The number of carboxylic acid groups (broad SMARTS) is 1. The smallest absolute Gasteiger partial charge is 0.407 e. The van der Waals surface area contributed by atoms with Crippen molar-refractivity contribution in [2.45, 2.75) is 56.9 Å². The molecule has 8 rings (SSSR count). The SMILES string of the molecule is COc1nc(-c2cccc(-c3cccc(-c4ccn5c(=O)c(CN(C)C67CCC(C6)C(=O)N7)cnc5c4)c3Cl)c2Cl)ccc1CN(C[C@@H]1CCC(=O)N1)C(=O)O. The van der Waals surface area contributed by atoms with Crippen molar-refractivity contribution in [3.8, 4) is 39.4 Å². The third-order valence-electron chi connectivity index (χ3n) is 11.3. The molecule has 3 atom stereocenters. The maximum atomic E-state index is 13.6. The minimum atomic E-state index is -1.11. The molecule has 3 fully saturated rings. The topological polar surface area (TPSA) is 158 Å². The normalized spacial score (nSPS) is 20.1. The number of amides is 3. The van der Waals surface area contributed by atoms with Crippen LogP contribution in [0.2, 0.25) is 10.0 Å². The number of aromatic nitrogens is 3. The van der Waals surface area contributed by atoms with Crippen molar-refractivity contribution in [1.29, 1.82) is 0 Å². The highest BCUT2D eigenvalue weighted by molar-refractivity contribution is 6.39. The predicted molar refractivity (Wildman–Crippen MR) is 211 cm³/mol. The number of carbonyl (C=O) groups is 3. The lowest BCUT2D eigenvalue weighted by atomic mass is 9.97. The Hall–Kier alpha value is -5.50. The summed E-state index contributed by atoms with van der Waals surface area (Å²) in [5.74, 6) is 0.296. The molecule has 0 spiro atoms. The third kappa shape index (κ3) is 6.84. The van der Waals surface area contributed by atoms with E-state index in [4.69, 9.17) is 32.9 Å². The fourth-order valence-electron chi connectivity index (χ4n) is 8.24. The van der Waals surface area contributed by atoms with E-state index in [0.29, 0.717) is 68.6 Å². The number of rotatable bonds is 11. The Morgan fingerprint density at radius 2 is 1.71 bits per heavy atom. The van der Waals surface area contributed by atoms with Crippen molar-refractivity contribution >= 4 is 46.8 Å². The number of carbonyl (C=O) groups excluding carboxylic acids is 2. The average molecular weight is 797 g/mol. The van der Waals surface area contributed by atoms with E-state index < -0.39 is 11.8 Å². The molecule has 2 unspecified atom stereocenters. The number of hydrogen-bond donors (Lipinski definition) is 3. The lowest BCUT2D eigenvalue weighted by molar-refractivity contribution is -0.125. The van der Waals surface area contributed by atoms with Crippen LogP contribution in [0.4, 0.5) is 4.79 Å². The molecule has 3 N–H and O–H groups in total. The van der Waals surface area contributed by atoms with Gasteiger partial charge in [-0.05, 0) is 62.6 Å². The van der Waals surface area contributed by atoms with Gasteiger partial charge in [0.2, 0.25) is 17.7 Å². The van der Waals surface area contributed by atoms with Gasteiger partial charge in [-0.1, -0.05) is 59.6 Å². The van der Waals surface area contributed by atoms with Gasteiger partial charge in [0.25, 0.3) is 5.56 Å². The lowest BCUT2D eigenvalue weighted by Crippen LogP contribution is -2.55. The van der Waals surface area contributed by atoms with Gasteiger partial charge in [-0.3, -0.25) is 23.7 Å². The van der Waals surface area contributed by atoms with Crippen molar-refractivity contribution in [1.82, 2.24) is 34.8 Å². The number of ether oxygens (including phenoxy) is 1. The number of nitrogens with one attached hydrogen (secondary N) is 2. The van der Waals surface area contributed by atoms with Gasteiger partial charge in [0.1, 0.15) is 5.65 Å². The molecular formula is C41H39Cl2N7O6. The van der Waals surface area contributed by atoms with Crippen LogP contribution >= 0.6 is 23.2 Å². The van der Waals surface area contributed by atoms with Crippen LogP contribution in [-0.2, 0) is 22.7 Å². The van der Waals surface area contributed by atoms with E-state index in [-0.39, 0.29) is 48.3 Å². The van der Waals surface area contributed by atoms with Crippen LogP contribution in [-0.4, -0.2) is 79.6 Å². The van der Waals surface area contributed by atoms with Crippen LogP contribution < -0.4 is 20.9 Å². The van der Waals surface area contributed by atoms with Crippen molar-refractivity contribution in [2.24, 2.45) is 5.92 Å². The van der Waals surface area contributed by atoms with Crippen LogP contribution in [0.1, 0.15) is 43.2 Å². The molecule has 56 heavy (non-hydrogen) atoms. The van der Waals surface area contributed by atoms with Crippen molar-refractivity contribution in [3.63, 3.8) is 0 Å². The Morgan fingerprint density at radius 1 is 0.982 bits per heavy atom. The van der Waals surface area contributed by atoms with Gasteiger partial charge in [-0.2, -0.15) is 0 Å². The summed E-state index contributed by atoms with van der Waals surface area (Å²) in [6, 6.07) is 18.2. The summed E-state index contributed by atoms with van der Waals surface area (Å²) in [7, 11) is 3.41. The zero-order chi connectivity index (χ0) is 39.3. The van der Waals surface area contributed by atoms with Crippen molar-refractivity contribution in [3.05, 3.63) is 105 Å². The standard InChI is InChI=1S/C41H39Cl2N7O6/c1-48(41-15-13-24(18-41)37(52)47-41)20-26-19-44-33-17-23(14-16-50(33)39(26)53)28-5-3-6-29(35(28)42)30-7-4-8-31(36(30)43)32-11-9-25(38(46-32)56-2)21-49(40(54)55)22-27-10-12-34(51)45-27/h3-9,11,14,16-17,19,24,27H,10,12-13,15,18,20-22H2,1-2H3,(H,45,51)(H,47,52)(H,54,55)/t24?,27-,41?/m0/s1. The Balaban J connectivity index is 1.05. The Labute approximate surface area is 332 Å². The van der Waals surface area contributed by atoms with Crippen molar-refractivity contribution < 1.29 is 24.2 Å². The molecule has 5 heterocycles. The highest BCUT2D eigenvalue weighted by Gasteiger charge is 2.52. The number of piperidine rings is 1. The van der Waals surface area contributed by atoms with Gasteiger partial charge >= 0.3 is 6.09 Å². The lowest BCUT2D eigenvalue weighted by Gasteiger charge is -2.37. The summed E-state index contributed by atoms with van der Waals surface area (Å²) >= 11 is 14.2. The summed E-state index contributed by atoms with van der Waals surface area (Å²) in [5.41, 5.74) is 4.96. The summed E-state index contributed by atoms with van der Waals surface area (Å²) in [6.45, 7) is 0.527. The van der Waals surface area contributed by atoms with E-state index in [1.54, 1.807) is 24.5 Å². The van der Waals surface area contributed by atoms with Crippen LogP contribution in [0.5, 0.6) is 5.88 Å². The van der Waals surface area contributed by atoms with Crippen LogP contribution in [0.15, 0.2) is 77.9 Å². The van der Waals surface area contributed by atoms with E-state index in [1.807, 2.05) is 55.6 Å². The minimum Gasteiger partial charge on any atom is -0.481 e. The number of nitrogens with zero attached hydrogens (tertiary/aromatic N) is 5. The number of methoxy groups -OCH3 is 1. The molecule has 13 nitrogen and oxygen atoms in total. The molecule has 1 aliphatic carbocycles. The monoisotopic (exact) mass is 795 g/mol. The molecule has 5 aromatic rings. The van der Waals surface area contributed by atoms with E-state index in [2.05, 4.69) is 20.5 Å². The van der Waals surface area contributed by atoms with E-state index in [9.17, 15) is 24.3 Å². The second-order valence-electron chi connectivity index (χ2n) is 14.7. The molecular weight excluding hydrogens is 757 g/mol. The first-order valence-electron chi connectivity index (χ1n) is 18.4. The molecule has 0 radical (unpaired) electrons. The Bertz CT molecular complexity index is 2480. The van der Waals surface area contributed by atoms with Gasteiger partial charge in [-0.15, -0.1) is 0 Å². The first-order valence-corrected chi connectivity index (χ1v) is 19.1. The van der Waals surface area contributed by atoms with Gasteiger partial charge in [0, 0.05) is 71.7 Å². The summed E-state index contributed by atoms with van der Waals surface area (Å²) in [5, 5.41) is 16.7. The third-order valence-corrected chi connectivity index (χ3v) is 12.1. The first-order chi connectivity index (χ1) is 26.9. The van der Waals surface area contributed by atoms with Gasteiger partial charge in [0.05, 0.1) is 40.6 Å². The van der Waals surface area contributed by atoms with Gasteiger partial charge < -0.3 is 25.4 Å². The zero-order valence-electron chi connectivity index (χ0n) is 30.7. The second-order valence-corrected chi connectivity index (χ2v) is 15.5. The van der Waals surface area contributed by atoms with Crippen LogP contribution in [0.3, 0.4) is 0 Å². The Morgan fingerprint density at radius 3 is 2.38 bits per heavy atom. The molecule has 3 aromatic heterocycles. The highest BCUT2D eigenvalue weighted by atomic mass is 35.5. The predicted octanol–water partition coefficient (Wildman–Crippen LogP) is 6.22. The number of fused-ring (bicyclic) bond motifs is 3. The molecule has 3 amide bonds. The number of halogens is 2. The average Bonchev–Trinajstić information content (AvgIpc) is 3.91. The zero-order valence-corrected chi connectivity index (χ0v) is 32.2. The fourth-order valence-corrected chi connectivity index (χ4v) is 8.91. The minimum absolute atomic E-state index is 0.0215. The van der Waals surface area contributed by atoms with Crippen LogP contribution in [0.25, 0.3) is 39.2 Å².